The van der Waals surface area contributed by atoms with Gasteiger partial charge in [0.05, 0.1) is 18.4 Å². The number of benzene rings is 1. The molecule has 1 saturated heterocycles. The van der Waals surface area contributed by atoms with Gasteiger partial charge in [0.2, 0.25) is 5.91 Å². The number of amides is 1. The molecule has 9 heteroatoms. The molecule has 0 bridgehead atoms. The molecule has 0 aromatic heterocycles. The van der Waals surface area contributed by atoms with Crippen LogP contribution in [0.3, 0.4) is 0 Å². The van der Waals surface area contributed by atoms with Gasteiger partial charge in [-0.05, 0) is 43.3 Å². The molecule has 1 saturated carbocycles. The molecule has 0 N–H and O–H groups in total. The third-order valence-electron chi connectivity index (χ3n) is 7.20. The van der Waals surface area contributed by atoms with E-state index in [0.717, 1.165) is 5.56 Å². The van der Waals surface area contributed by atoms with E-state index < -0.39 is 40.3 Å². The molecule has 186 valence electrons. The van der Waals surface area contributed by atoms with Crippen LogP contribution in [-0.4, -0.2) is 51.1 Å². The fourth-order valence-electron chi connectivity index (χ4n) is 4.36. The van der Waals surface area contributed by atoms with Gasteiger partial charge in [-0.2, -0.15) is 5.26 Å². The quantitative estimate of drug-likeness (QED) is 0.393. The first-order valence-electron chi connectivity index (χ1n) is 11.9. The maximum Gasteiger partial charge on any atom is 0.249 e. The van der Waals surface area contributed by atoms with Crippen molar-refractivity contribution in [2.75, 3.05) is 0 Å². The summed E-state index contributed by atoms with van der Waals surface area (Å²) in [5.41, 5.74) is -0.142. The summed E-state index contributed by atoms with van der Waals surface area (Å²) in [4.78, 5) is 32.3. The Morgan fingerprint density at radius 2 is 1.71 bits per heavy atom. The molecule has 1 aliphatic carbocycles. The Kier molecular flexibility index (Phi) is 7.33. The predicted molar refractivity (Wildman–Crippen MR) is 134 cm³/mol. The van der Waals surface area contributed by atoms with Crippen molar-refractivity contribution >= 4 is 28.3 Å². The van der Waals surface area contributed by atoms with E-state index in [1.807, 2.05) is 50.0 Å². The monoisotopic (exact) mass is 502 g/mol. The van der Waals surface area contributed by atoms with Crippen LogP contribution < -0.4 is 0 Å². The minimum absolute atomic E-state index is 0.0137. The number of hydrogen-bond acceptors (Lipinski definition) is 6. The lowest BCUT2D eigenvalue weighted by Gasteiger charge is -2.60. The number of rotatable bonds is 7. The Balaban J connectivity index is 2.03. The van der Waals surface area contributed by atoms with Crippen LogP contribution in [0.1, 0.15) is 39.2 Å². The largest absolute Gasteiger partial charge is 0.409 e. The Morgan fingerprint density at radius 1 is 1.09 bits per heavy atom. The van der Waals surface area contributed by atoms with Crippen molar-refractivity contribution in [2.45, 2.75) is 95.7 Å². The van der Waals surface area contributed by atoms with E-state index in [2.05, 4.69) is 39.9 Å². The number of carbonyl (C=O) groups is 2. The molecule has 34 heavy (non-hydrogen) atoms. The molecule has 4 atom stereocenters. The van der Waals surface area contributed by atoms with Crippen LogP contribution in [0.15, 0.2) is 30.3 Å². The van der Waals surface area contributed by atoms with E-state index in [1.165, 1.54) is 5.06 Å². The molecule has 1 amide bonds. The van der Waals surface area contributed by atoms with Gasteiger partial charge in [0.15, 0.2) is 22.4 Å². The van der Waals surface area contributed by atoms with Crippen molar-refractivity contribution < 1.29 is 23.3 Å². The summed E-state index contributed by atoms with van der Waals surface area (Å²) in [6.45, 7) is 16.9. The van der Waals surface area contributed by atoms with Gasteiger partial charge in [0.25, 0.3) is 0 Å². The van der Waals surface area contributed by atoms with Crippen LogP contribution in [0.5, 0.6) is 0 Å². The van der Waals surface area contributed by atoms with Crippen molar-refractivity contribution in [3.8, 4) is 6.07 Å². The molecule has 2 aliphatic rings. The Bertz CT molecular complexity index is 964. The summed E-state index contributed by atoms with van der Waals surface area (Å²) in [5, 5.41) is 11.3. The fraction of sp³-hybridized carbons (Fsp3) is 0.640. The van der Waals surface area contributed by atoms with Crippen LogP contribution in [0.25, 0.3) is 0 Å². The molecule has 1 aromatic rings. The summed E-state index contributed by atoms with van der Waals surface area (Å²) < 4.78 is 13.3. The first-order chi connectivity index (χ1) is 15.6. The fourth-order valence-corrected chi connectivity index (χ4v) is 6.69. The lowest BCUT2D eigenvalue weighted by molar-refractivity contribution is -0.297. The lowest BCUT2D eigenvalue weighted by Crippen LogP contribution is -2.79. The van der Waals surface area contributed by atoms with E-state index in [9.17, 15) is 14.9 Å². The lowest BCUT2D eigenvalue weighted by atomic mass is 9.63. The maximum atomic E-state index is 13.4. The smallest absolute Gasteiger partial charge is 0.249 e. The number of hydrogen-bond donors (Lipinski definition) is 0. The molecule has 1 heterocycles. The second-order valence-corrected chi connectivity index (χ2v) is 21.1. The Morgan fingerprint density at radius 3 is 2.21 bits per heavy atom. The van der Waals surface area contributed by atoms with Crippen LogP contribution in [-0.2, 0) is 29.9 Å². The van der Waals surface area contributed by atoms with Crippen LogP contribution >= 0.6 is 0 Å². The standard InChI is InChI=1S/C25H38N2O5Si2/c1-24(2,3)34(7,8)31-22-20(28)14-19(16-26)25(23(22)32-33(4,5)6)15-21(29)27(25)30-17-18-12-10-9-11-13-18/h9-13,19,22-23H,14-15,17H2,1-8H3. The number of β-lactam (4-membered cyclic amide) rings is 1. The molecule has 1 aliphatic heterocycles. The zero-order valence-electron chi connectivity index (χ0n) is 21.7. The van der Waals surface area contributed by atoms with E-state index in [0.29, 0.717) is 0 Å². The number of nitriles is 1. The summed E-state index contributed by atoms with van der Waals surface area (Å²) in [6, 6.07) is 11.9. The molecule has 1 aromatic carbocycles. The zero-order chi connectivity index (χ0) is 25.5. The second kappa shape index (κ2) is 9.32. The molecule has 2 fully saturated rings. The molecule has 1 spiro atoms. The minimum atomic E-state index is -2.36. The number of hydroxylamine groups is 2. The van der Waals surface area contributed by atoms with Gasteiger partial charge in [0, 0.05) is 6.42 Å². The highest BCUT2D eigenvalue weighted by atomic mass is 28.4. The van der Waals surface area contributed by atoms with Crippen LogP contribution in [0.4, 0.5) is 0 Å². The number of nitrogens with zero attached hydrogens (tertiary/aromatic N) is 2. The zero-order valence-corrected chi connectivity index (χ0v) is 23.7. The number of carbonyl (C=O) groups excluding carboxylic acids is 2. The van der Waals surface area contributed by atoms with Crippen LogP contribution in [0, 0.1) is 17.2 Å². The minimum Gasteiger partial charge on any atom is -0.409 e. The topological polar surface area (TPSA) is 88.9 Å². The van der Waals surface area contributed by atoms with Gasteiger partial charge in [-0.25, -0.2) is 5.06 Å². The van der Waals surface area contributed by atoms with Crippen molar-refractivity contribution in [3.63, 3.8) is 0 Å². The highest BCUT2D eigenvalue weighted by Crippen LogP contribution is 2.51. The molecular formula is C25H38N2O5Si2. The molecule has 7 nitrogen and oxygen atoms in total. The number of ketones is 1. The highest BCUT2D eigenvalue weighted by molar-refractivity contribution is 6.74. The Labute approximate surface area is 205 Å². The molecular weight excluding hydrogens is 464 g/mol. The van der Waals surface area contributed by atoms with Crippen molar-refractivity contribution in [1.29, 1.82) is 5.26 Å². The molecule has 4 unspecified atom stereocenters. The van der Waals surface area contributed by atoms with E-state index in [1.54, 1.807) is 0 Å². The second-order valence-electron chi connectivity index (χ2n) is 11.9. The van der Waals surface area contributed by atoms with Gasteiger partial charge >= 0.3 is 0 Å². The van der Waals surface area contributed by atoms with Crippen LogP contribution in [0.2, 0.25) is 37.8 Å². The maximum absolute atomic E-state index is 13.4. The summed E-state index contributed by atoms with van der Waals surface area (Å²) in [7, 11) is -4.57. The van der Waals surface area contributed by atoms with Gasteiger partial charge < -0.3 is 8.85 Å². The van der Waals surface area contributed by atoms with E-state index >= 15 is 0 Å². The number of Topliss-reactive ketones (excluding diaryl/α,β-unsaturated/α-hetero) is 1. The average molecular weight is 503 g/mol. The van der Waals surface area contributed by atoms with Gasteiger partial charge in [0.1, 0.15) is 24.4 Å². The van der Waals surface area contributed by atoms with E-state index in [-0.39, 0.29) is 36.2 Å². The Hall–Kier alpha value is -1.84. The average Bonchev–Trinajstić information content (AvgIpc) is 2.71. The van der Waals surface area contributed by atoms with Gasteiger partial charge in [-0.15, -0.1) is 0 Å². The first kappa shape index (κ1) is 26.8. The molecule has 3 rings (SSSR count). The van der Waals surface area contributed by atoms with Gasteiger partial charge in [-0.1, -0.05) is 51.1 Å². The normalized spacial score (nSPS) is 28.1. The van der Waals surface area contributed by atoms with Crippen molar-refractivity contribution in [2.24, 2.45) is 5.92 Å². The van der Waals surface area contributed by atoms with Gasteiger partial charge in [-0.3, -0.25) is 14.4 Å². The highest BCUT2D eigenvalue weighted by Gasteiger charge is 2.69. The third-order valence-corrected chi connectivity index (χ3v) is 12.6. The molecule has 0 radical (unpaired) electrons. The SMILES string of the molecule is CC(C)(C)[Si](C)(C)OC1C(=O)CC(C#N)C2(CC(=O)N2OCc2ccccc2)C1O[Si](C)(C)C. The summed E-state index contributed by atoms with van der Waals surface area (Å²) in [6.07, 6.45) is -1.49. The van der Waals surface area contributed by atoms with Crippen molar-refractivity contribution in [3.05, 3.63) is 35.9 Å². The summed E-state index contributed by atoms with van der Waals surface area (Å²) in [5.74, 6) is -1.07. The first-order valence-corrected chi connectivity index (χ1v) is 18.2. The summed E-state index contributed by atoms with van der Waals surface area (Å²) >= 11 is 0. The van der Waals surface area contributed by atoms with Crippen molar-refractivity contribution in [1.82, 2.24) is 5.06 Å². The van der Waals surface area contributed by atoms with E-state index in [4.69, 9.17) is 13.7 Å². The third kappa shape index (κ3) is 5.07. The predicted octanol–water partition coefficient (Wildman–Crippen LogP) is 4.81.